The molecular formula is C15H19N3O2S. The van der Waals surface area contributed by atoms with Crippen molar-refractivity contribution in [3.63, 3.8) is 0 Å². The molecule has 0 unspecified atom stereocenters. The Bertz CT molecular complexity index is 659. The number of thiazole rings is 1. The lowest BCUT2D eigenvalue weighted by atomic mass is 10.1. The number of nitrogens with one attached hydrogen (secondary N) is 1. The summed E-state index contributed by atoms with van der Waals surface area (Å²) in [7, 11) is 0. The largest absolute Gasteiger partial charge is 0.444 e. The van der Waals surface area contributed by atoms with E-state index in [1.165, 1.54) is 11.3 Å². The van der Waals surface area contributed by atoms with Crippen LogP contribution >= 0.6 is 11.3 Å². The van der Waals surface area contributed by atoms with E-state index in [-0.39, 0.29) is 0 Å². The molecule has 112 valence electrons. The fourth-order valence-corrected chi connectivity index (χ4v) is 2.32. The Morgan fingerprint density at radius 1 is 1.38 bits per heavy atom. The maximum atomic E-state index is 11.9. The molecule has 0 aliphatic carbocycles. The Hall–Kier alpha value is -2.08. The summed E-state index contributed by atoms with van der Waals surface area (Å²) < 4.78 is 5.26. The molecule has 0 spiro atoms. The Morgan fingerprint density at radius 2 is 2.10 bits per heavy atom. The highest BCUT2D eigenvalue weighted by Gasteiger charge is 2.17. The van der Waals surface area contributed by atoms with Crippen molar-refractivity contribution in [2.24, 2.45) is 0 Å². The average molecular weight is 305 g/mol. The van der Waals surface area contributed by atoms with E-state index >= 15 is 0 Å². The lowest BCUT2D eigenvalue weighted by Crippen LogP contribution is -2.27. The molecule has 0 aliphatic heterocycles. The Balaban J connectivity index is 2.22. The summed E-state index contributed by atoms with van der Waals surface area (Å²) >= 11 is 1.39. The van der Waals surface area contributed by atoms with E-state index in [4.69, 9.17) is 10.5 Å². The van der Waals surface area contributed by atoms with Gasteiger partial charge >= 0.3 is 6.09 Å². The molecule has 0 fully saturated rings. The van der Waals surface area contributed by atoms with Crippen LogP contribution in [0.25, 0.3) is 11.3 Å². The second-order valence-corrected chi connectivity index (χ2v) is 6.62. The van der Waals surface area contributed by atoms with E-state index in [9.17, 15) is 4.79 Å². The smallest absolute Gasteiger partial charge is 0.412 e. The molecule has 3 N–H and O–H groups in total. The van der Waals surface area contributed by atoms with Crippen LogP contribution in [-0.2, 0) is 4.74 Å². The van der Waals surface area contributed by atoms with E-state index in [2.05, 4.69) is 10.3 Å². The number of amides is 1. The maximum absolute atomic E-state index is 11.9. The van der Waals surface area contributed by atoms with Crippen LogP contribution in [0.3, 0.4) is 0 Å². The van der Waals surface area contributed by atoms with Crippen LogP contribution in [0.2, 0.25) is 0 Å². The predicted molar refractivity (Wildman–Crippen MR) is 86.6 cm³/mol. The third-order valence-electron chi connectivity index (χ3n) is 2.69. The molecular weight excluding hydrogens is 286 g/mol. The highest BCUT2D eigenvalue weighted by atomic mass is 32.1. The Kier molecular flexibility index (Phi) is 4.18. The number of nitrogens with two attached hydrogens (primary N) is 1. The van der Waals surface area contributed by atoms with Crippen LogP contribution in [0.5, 0.6) is 0 Å². The third-order valence-corrected chi connectivity index (χ3v) is 3.36. The maximum Gasteiger partial charge on any atom is 0.412 e. The number of carbonyl (C=O) groups is 1. The first kappa shape index (κ1) is 15.3. The van der Waals surface area contributed by atoms with Gasteiger partial charge in [0.1, 0.15) is 5.60 Å². The number of anilines is 2. The van der Waals surface area contributed by atoms with Gasteiger partial charge in [0, 0.05) is 16.6 Å². The summed E-state index contributed by atoms with van der Waals surface area (Å²) in [4.78, 5) is 16.1. The van der Waals surface area contributed by atoms with Gasteiger partial charge in [-0.25, -0.2) is 9.78 Å². The van der Waals surface area contributed by atoms with Gasteiger partial charge in [-0.3, -0.25) is 5.32 Å². The van der Waals surface area contributed by atoms with Crippen molar-refractivity contribution in [3.05, 3.63) is 29.1 Å². The van der Waals surface area contributed by atoms with Crippen LogP contribution < -0.4 is 11.1 Å². The monoisotopic (exact) mass is 305 g/mol. The minimum atomic E-state index is -0.529. The molecule has 0 aliphatic rings. The topological polar surface area (TPSA) is 77.2 Å². The first-order valence-electron chi connectivity index (χ1n) is 6.56. The van der Waals surface area contributed by atoms with Gasteiger partial charge in [0.25, 0.3) is 0 Å². The summed E-state index contributed by atoms with van der Waals surface area (Å²) in [5.41, 5.74) is 8.48. The highest BCUT2D eigenvalue weighted by molar-refractivity contribution is 7.13. The molecule has 1 heterocycles. The van der Waals surface area contributed by atoms with Crippen LogP contribution in [0.1, 0.15) is 26.3 Å². The van der Waals surface area contributed by atoms with E-state index in [0.29, 0.717) is 10.8 Å². The number of nitrogen functional groups attached to an aromatic ring is 1. The third kappa shape index (κ3) is 4.19. The zero-order chi connectivity index (χ0) is 15.6. The lowest BCUT2D eigenvalue weighted by Gasteiger charge is -2.20. The van der Waals surface area contributed by atoms with Crippen LogP contribution in [-0.4, -0.2) is 16.7 Å². The van der Waals surface area contributed by atoms with E-state index in [1.54, 1.807) is 0 Å². The predicted octanol–water partition coefficient (Wildman–Crippen LogP) is 4.05. The van der Waals surface area contributed by atoms with Gasteiger partial charge in [-0.1, -0.05) is 12.1 Å². The van der Waals surface area contributed by atoms with Gasteiger partial charge < -0.3 is 10.5 Å². The number of hydrogen-bond donors (Lipinski definition) is 2. The molecule has 0 radical (unpaired) electrons. The van der Waals surface area contributed by atoms with Gasteiger partial charge in [0.2, 0.25) is 0 Å². The molecule has 0 bridgehead atoms. The molecule has 0 saturated carbocycles. The number of carbonyl (C=O) groups excluding carboxylic acids is 1. The van der Waals surface area contributed by atoms with Crippen LogP contribution in [0.4, 0.5) is 15.6 Å². The van der Waals surface area contributed by atoms with E-state index < -0.39 is 11.7 Å². The van der Waals surface area contributed by atoms with Crippen molar-refractivity contribution in [3.8, 4) is 11.3 Å². The molecule has 6 heteroatoms. The second-order valence-electron chi connectivity index (χ2n) is 5.73. The first-order chi connectivity index (χ1) is 9.74. The van der Waals surface area contributed by atoms with Gasteiger partial charge in [0.05, 0.1) is 5.69 Å². The minimum Gasteiger partial charge on any atom is -0.444 e. The average Bonchev–Trinajstić information content (AvgIpc) is 2.76. The fraction of sp³-hybridized carbons (Fsp3) is 0.333. The first-order valence-corrected chi connectivity index (χ1v) is 7.44. The Morgan fingerprint density at radius 3 is 2.67 bits per heavy atom. The second kappa shape index (κ2) is 5.73. The van der Waals surface area contributed by atoms with E-state index in [0.717, 1.165) is 16.8 Å². The van der Waals surface area contributed by atoms with Crippen molar-refractivity contribution in [1.29, 1.82) is 0 Å². The molecule has 2 rings (SSSR count). The highest BCUT2D eigenvalue weighted by Crippen LogP contribution is 2.27. The zero-order valence-electron chi connectivity index (χ0n) is 12.6. The molecule has 0 saturated heterocycles. The van der Waals surface area contributed by atoms with Gasteiger partial charge in [-0.2, -0.15) is 0 Å². The fourth-order valence-electron chi connectivity index (χ4n) is 1.75. The van der Waals surface area contributed by atoms with E-state index in [1.807, 2.05) is 51.3 Å². The van der Waals surface area contributed by atoms with Gasteiger partial charge in [0.15, 0.2) is 5.13 Å². The number of aromatic nitrogens is 1. The number of nitrogens with zero attached hydrogens (tertiary/aromatic N) is 1. The molecule has 5 nitrogen and oxygen atoms in total. The van der Waals surface area contributed by atoms with Crippen molar-refractivity contribution >= 4 is 28.2 Å². The summed E-state index contributed by atoms with van der Waals surface area (Å²) in [6, 6.07) is 5.75. The minimum absolute atomic E-state index is 0.472. The normalized spacial score (nSPS) is 11.2. The number of benzene rings is 1. The van der Waals surface area contributed by atoms with Gasteiger partial charge in [-0.15, -0.1) is 11.3 Å². The van der Waals surface area contributed by atoms with Crippen molar-refractivity contribution in [2.75, 3.05) is 11.1 Å². The summed E-state index contributed by atoms with van der Waals surface area (Å²) in [5.74, 6) is 0. The van der Waals surface area contributed by atoms with Crippen LogP contribution in [0, 0.1) is 6.92 Å². The number of aryl methyl sites for hydroxylation is 1. The number of rotatable bonds is 2. The molecule has 0 atom stereocenters. The Labute approximate surface area is 128 Å². The number of ether oxygens (including phenoxy) is 1. The summed E-state index contributed by atoms with van der Waals surface area (Å²) in [5, 5.41) is 5.17. The molecule has 1 aromatic carbocycles. The zero-order valence-corrected chi connectivity index (χ0v) is 13.4. The van der Waals surface area contributed by atoms with Crippen molar-refractivity contribution < 1.29 is 9.53 Å². The quantitative estimate of drug-likeness (QED) is 0.877. The SMILES string of the molecule is Cc1ccc(-c2csc(N)n2)cc1NC(=O)OC(C)(C)C. The van der Waals surface area contributed by atoms with Crippen LogP contribution in [0.15, 0.2) is 23.6 Å². The summed E-state index contributed by atoms with van der Waals surface area (Å²) in [6.07, 6.45) is -0.472. The standard InChI is InChI=1S/C15H19N3O2S/c1-9-5-6-10(12-8-21-13(16)17-12)7-11(9)18-14(19)20-15(2,3)4/h5-8H,1-4H3,(H2,16,17)(H,18,19). The molecule has 1 amide bonds. The van der Waals surface area contributed by atoms with Crippen molar-refractivity contribution in [1.82, 2.24) is 4.98 Å². The molecule has 21 heavy (non-hydrogen) atoms. The summed E-state index contributed by atoms with van der Waals surface area (Å²) in [6.45, 7) is 7.40. The van der Waals surface area contributed by atoms with Crippen molar-refractivity contribution in [2.45, 2.75) is 33.3 Å². The van der Waals surface area contributed by atoms with Gasteiger partial charge in [-0.05, 0) is 39.3 Å². The molecule has 2 aromatic rings. The lowest BCUT2D eigenvalue weighted by molar-refractivity contribution is 0.0636. The number of hydrogen-bond acceptors (Lipinski definition) is 5. The molecule has 1 aromatic heterocycles.